The molecule has 0 N–H and O–H groups in total. The van der Waals surface area contributed by atoms with Crippen LogP contribution < -0.4 is 0 Å². The van der Waals surface area contributed by atoms with Gasteiger partial charge in [-0.2, -0.15) is 0 Å². The molecule has 0 radical (unpaired) electrons. The largest absolute Gasteiger partial charge is 0.276 e. The fourth-order valence-electron chi connectivity index (χ4n) is 2.53. The Kier molecular flexibility index (Phi) is 2.24. The van der Waals surface area contributed by atoms with Crippen molar-refractivity contribution in [3.8, 4) is 0 Å². The van der Waals surface area contributed by atoms with Gasteiger partial charge in [-0.25, -0.2) is 0 Å². The third-order valence-corrected chi connectivity index (χ3v) is 7.33. The average molecular weight is 227 g/mol. The highest BCUT2D eigenvalue weighted by molar-refractivity contribution is 7.66. The summed E-state index contributed by atoms with van der Waals surface area (Å²) in [6.07, 6.45) is 1.98. The third kappa shape index (κ3) is 1.36. The summed E-state index contributed by atoms with van der Waals surface area (Å²) in [5, 5.41) is 0.179. The minimum Gasteiger partial charge on any atom is -0.276 e. The maximum absolute atomic E-state index is 11.7. The zero-order valence-corrected chi connectivity index (χ0v) is 10.7. The molecule has 3 nitrogen and oxygen atoms in total. The lowest BCUT2D eigenvalue weighted by atomic mass is 9.88. The molecule has 2 unspecified atom stereocenters. The van der Waals surface area contributed by atoms with E-state index in [4.69, 9.17) is 0 Å². The summed E-state index contributed by atoms with van der Waals surface area (Å²) in [6.45, 7) is 8.54. The van der Waals surface area contributed by atoms with Crippen LogP contribution in [0.3, 0.4) is 0 Å². The smallest absolute Gasteiger partial charge is 0.230 e. The Bertz CT molecular complexity index is 323. The molecule has 2 rings (SSSR count). The molecule has 2 saturated heterocycles. The number of hydrogen-bond acceptors (Lipinski definition) is 2. The van der Waals surface area contributed by atoms with Gasteiger partial charge in [0, 0.05) is 18.0 Å². The van der Waals surface area contributed by atoms with Crippen LogP contribution >= 0.6 is 7.92 Å². The van der Waals surface area contributed by atoms with E-state index in [1.807, 2.05) is 13.8 Å². The maximum Gasteiger partial charge on any atom is 0.230 e. The first-order valence-corrected chi connectivity index (χ1v) is 7.35. The summed E-state index contributed by atoms with van der Waals surface area (Å²) in [5.41, 5.74) is -0.294. The first-order valence-electron chi connectivity index (χ1n) is 5.38. The van der Waals surface area contributed by atoms with Crippen molar-refractivity contribution >= 4 is 19.7 Å². The Morgan fingerprint density at radius 1 is 1.27 bits per heavy atom. The second kappa shape index (κ2) is 3.04. The van der Waals surface area contributed by atoms with E-state index in [2.05, 4.69) is 13.6 Å². The van der Waals surface area contributed by atoms with Crippen LogP contribution in [0.25, 0.3) is 0 Å². The zero-order chi connectivity index (χ0) is 11.4. The molecule has 0 saturated carbocycles. The van der Waals surface area contributed by atoms with Crippen molar-refractivity contribution in [2.75, 3.05) is 12.8 Å². The maximum atomic E-state index is 11.7. The summed E-state index contributed by atoms with van der Waals surface area (Å²) in [4.78, 5) is 25.0. The van der Waals surface area contributed by atoms with Gasteiger partial charge in [-0.1, -0.05) is 6.92 Å². The number of carbonyl (C=O) groups excluding carboxylic acids is 2. The topological polar surface area (TPSA) is 37.4 Å². The van der Waals surface area contributed by atoms with E-state index in [9.17, 15) is 9.59 Å². The molecular weight excluding hydrogens is 209 g/mol. The number of rotatable bonds is 2. The zero-order valence-electron chi connectivity index (χ0n) is 9.83. The van der Waals surface area contributed by atoms with Crippen molar-refractivity contribution in [2.45, 2.75) is 44.3 Å². The molecule has 0 bridgehead atoms. The first-order chi connectivity index (χ1) is 6.80. The van der Waals surface area contributed by atoms with Gasteiger partial charge in [0.2, 0.25) is 11.8 Å². The average Bonchev–Trinajstić information content (AvgIpc) is 2.57. The summed E-state index contributed by atoms with van der Waals surface area (Å²) >= 11 is 0. The lowest BCUT2D eigenvalue weighted by Gasteiger charge is -2.40. The molecular formula is C11H18NO2P. The van der Waals surface area contributed by atoms with E-state index in [1.54, 1.807) is 0 Å². The van der Waals surface area contributed by atoms with E-state index in [-0.39, 0.29) is 30.4 Å². The Morgan fingerprint density at radius 3 is 2.00 bits per heavy atom. The third-order valence-electron chi connectivity index (χ3n) is 4.21. The summed E-state index contributed by atoms with van der Waals surface area (Å²) in [5.74, 6) is 0.0306. The number of amides is 2. The van der Waals surface area contributed by atoms with Crippen LogP contribution in [0, 0.1) is 0 Å². The lowest BCUT2D eigenvalue weighted by Crippen LogP contribution is -2.55. The molecule has 0 spiro atoms. The van der Waals surface area contributed by atoms with Gasteiger partial charge in [-0.3, -0.25) is 14.5 Å². The summed E-state index contributed by atoms with van der Waals surface area (Å²) < 4.78 is 0. The number of nitrogens with zero attached hydrogens (tertiary/aromatic N) is 1. The highest BCUT2D eigenvalue weighted by atomic mass is 31.1. The van der Waals surface area contributed by atoms with Crippen molar-refractivity contribution in [1.29, 1.82) is 0 Å². The van der Waals surface area contributed by atoms with Gasteiger partial charge in [0.1, 0.15) is 0 Å². The monoisotopic (exact) mass is 227 g/mol. The SMILES string of the molecule is CP1CC1(C)C(C)(C)N1C(=O)CCC1=O. The van der Waals surface area contributed by atoms with Crippen LogP contribution in [0.5, 0.6) is 0 Å². The van der Waals surface area contributed by atoms with Crippen LogP contribution in [0.2, 0.25) is 0 Å². The second-order valence-electron chi connectivity index (χ2n) is 5.31. The van der Waals surface area contributed by atoms with E-state index in [1.165, 1.54) is 11.1 Å². The molecule has 2 amide bonds. The molecule has 2 fully saturated rings. The van der Waals surface area contributed by atoms with Crippen molar-refractivity contribution in [1.82, 2.24) is 4.90 Å². The van der Waals surface area contributed by atoms with Gasteiger partial charge in [-0.05, 0) is 26.7 Å². The highest BCUT2D eigenvalue weighted by Gasteiger charge is 2.61. The molecule has 2 aliphatic heterocycles. The highest BCUT2D eigenvalue weighted by Crippen LogP contribution is 2.71. The lowest BCUT2D eigenvalue weighted by molar-refractivity contribution is -0.145. The van der Waals surface area contributed by atoms with Gasteiger partial charge in [0.05, 0.1) is 5.54 Å². The molecule has 2 aliphatic rings. The normalized spacial score (nSPS) is 36.3. The van der Waals surface area contributed by atoms with Crippen LogP contribution in [0.1, 0.15) is 33.6 Å². The van der Waals surface area contributed by atoms with Crippen LogP contribution in [0.15, 0.2) is 0 Å². The molecule has 84 valence electrons. The van der Waals surface area contributed by atoms with Crippen LogP contribution in [-0.4, -0.2) is 40.2 Å². The van der Waals surface area contributed by atoms with E-state index >= 15 is 0 Å². The minimum atomic E-state index is -0.294. The van der Waals surface area contributed by atoms with Gasteiger partial charge in [0.25, 0.3) is 0 Å². The Hall–Kier alpha value is -0.430. The first kappa shape index (κ1) is 11.1. The number of hydrogen-bond donors (Lipinski definition) is 0. The fourth-order valence-corrected chi connectivity index (χ4v) is 5.23. The van der Waals surface area contributed by atoms with Gasteiger partial charge < -0.3 is 0 Å². The van der Waals surface area contributed by atoms with E-state index in [0.717, 1.165) is 0 Å². The predicted molar refractivity (Wildman–Crippen MR) is 61.3 cm³/mol. The number of carbonyl (C=O) groups is 2. The number of imide groups is 1. The molecule has 4 heteroatoms. The second-order valence-corrected chi connectivity index (χ2v) is 8.01. The fraction of sp³-hybridized carbons (Fsp3) is 0.818. The molecule has 0 aromatic heterocycles. The predicted octanol–water partition coefficient (Wildman–Crippen LogP) is 1.80. The quantitative estimate of drug-likeness (QED) is 0.533. The standard InChI is InChI=1S/C11H18NO2P/c1-10(2,11(3)7-15(11)4)12-8(13)5-6-9(12)14/h5-7H2,1-4H3. The molecule has 0 aliphatic carbocycles. The molecule has 2 heterocycles. The van der Waals surface area contributed by atoms with Gasteiger partial charge >= 0.3 is 0 Å². The molecule has 0 aromatic carbocycles. The summed E-state index contributed by atoms with van der Waals surface area (Å²) in [6, 6.07) is 0. The van der Waals surface area contributed by atoms with Crippen LogP contribution in [-0.2, 0) is 9.59 Å². The van der Waals surface area contributed by atoms with Crippen molar-refractivity contribution in [3.63, 3.8) is 0 Å². The Balaban J connectivity index is 2.29. The van der Waals surface area contributed by atoms with Crippen molar-refractivity contribution < 1.29 is 9.59 Å². The van der Waals surface area contributed by atoms with Gasteiger partial charge in [0.15, 0.2) is 0 Å². The Morgan fingerprint density at radius 2 is 1.67 bits per heavy atom. The Labute approximate surface area is 92.0 Å². The van der Waals surface area contributed by atoms with Crippen molar-refractivity contribution in [2.24, 2.45) is 0 Å². The van der Waals surface area contributed by atoms with E-state index in [0.29, 0.717) is 12.8 Å². The summed E-state index contributed by atoms with van der Waals surface area (Å²) in [7, 11) is -0.00420. The number of likely N-dealkylation sites (tertiary alicyclic amines) is 1. The van der Waals surface area contributed by atoms with E-state index < -0.39 is 0 Å². The molecule has 0 aromatic rings. The van der Waals surface area contributed by atoms with Crippen molar-refractivity contribution in [3.05, 3.63) is 0 Å². The molecule has 15 heavy (non-hydrogen) atoms. The molecule has 2 atom stereocenters. The van der Waals surface area contributed by atoms with Gasteiger partial charge in [-0.15, -0.1) is 7.92 Å². The van der Waals surface area contributed by atoms with Crippen LogP contribution in [0.4, 0.5) is 0 Å². The minimum absolute atomic E-state index is 0.00420.